The molecule has 90 valence electrons. The molecule has 0 spiro atoms. The predicted octanol–water partition coefficient (Wildman–Crippen LogP) is 2.93. The minimum absolute atomic E-state index is 0.422. The first-order valence-electron chi connectivity index (χ1n) is 5.90. The van der Waals surface area contributed by atoms with Gasteiger partial charge in [-0.15, -0.1) is 0 Å². The average molecular weight is 221 g/mol. The topological polar surface area (TPSA) is 21.3 Å². The normalized spacial score (nSPS) is 14.8. The van der Waals surface area contributed by atoms with Gasteiger partial charge in [0.1, 0.15) is 0 Å². The lowest BCUT2D eigenvalue weighted by Gasteiger charge is -2.20. The van der Waals surface area contributed by atoms with E-state index in [0.29, 0.717) is 12.0 Å². The average Bonchev–Trinajstić information content (AvgIpc) is 2.27. The minimum atomic E-state index is 0.422. The Morgan fingerprint density at radius 3 is 2.38 bits per heavy atom. The Kier molecular flexibility index (Phi) is 5.50. The molecule has 0 radical (unpaired) electrons. The Morgan fingerprint density at radius 2 is 1.88 bits per heavy atom. The van der Waals surface area contributed by atoms with Crippen LogP contribution in [-0.4, -0.2) is 20.8 Å². The largest absolute Gasteiger partial charge is 0.384 e. The fourth-order valence-electron chi connectivity index (χ4n) is 1.97. The van der Waals surface area contributed by atoms with Crippen molar-refractivity contribution >= 4 is 0 Å². The number of hydrogen-bond donors (Lipinski definition) is 1. The summed E-state index contributed by atoms with van der Waals surface area (Å²) < 4.78 is 5.18. The van der Waals surface area contributed by atoms with Crippen LogP contribution >= 0.6 is 0 Å². The zero-order valence-corrected chi connectivity index (χ0v) is 10.8. The fourth-order valence-corrected chi connectivity index (χ4v) is 1.97. The van der Waals surface area contributed by atoms with Crippen LogP contribution in [0.5, 0.6) is 0 Å². The van der Waals surface area contributed by atoms with Gasteiger partial charge in [0.2, 0.25) is 0 Å². The van der Waals surface area contributed by atoms with Crippen molar-refractivity contribution in [2.45, 2.75) is 26.3 Å². The molecule has 16 heavy (non-hydrogen) atoms. The minimum Gasteiger partial charge on any atom is -0.384 e. The zero-order valence-electron chi connectivity index (χ0n) is 10.8. The van der Waals surface area contributed by atoms with Crippen LogP contribution in [0.3, 0.4) is 0 Å². The molecule has 0 aliphatic rings. The highest BCUT2D eigenvalue weighted by molar-refractivity contribution is 5.24. The smallest absolute Gasteiger partial charge is 0.0488 e. The van der Waals surface area contributed by atoms with Crippen molar-refractivity contribution in [2.75, 3.05) is 20.8 Å². The summed E-state index contributed by atoms with van der Waals surface area (Å²) in [6.07, 6.45) is 1.10. The van der Waals surface area contributed by atoms with E-state index in [0.717, 1.165) is 13.0 Å². The van der Waals surface area contributed by atoms with Crippen LogP contribution in [0, 0.1) is 12.8 Å². The summed E-state index contributed by atoms with van der Waals surface area (Å²) in [6.45, 7) is 5.16. The monoisotopic (exact) mass is 221 g/mol. The Bertz CT molecular complexity index is 294. The molecule has 0 aliphatic carbocycles. The molecule has 0 amide bonds. The molecule has 1 rings (SSSR count). The van der Waals surface area contributed by atoms with E-state index in [2.05, 4.69) is 43.4 Å². The third-order valence-electron chi connectivity index (χ3n) is 2.92. The fraction of sp³-hybridized carbons (Fsp3) is 0.571. The van der Waals surface area contributed by atoms with Crippen molar-refractivity contribution in [1.82, 2.24) is 5.32 Å². The number of nitrogens with one attached hydrogen (secondary N) is 1. The van der Waals surface area contributed by atoms with Crippen molar-refractivity contribution in [3.8, 4) is 0 Å². The molecule has 1 N–H and O–H groups in total. The Hall–Kier alpha value is -0.860. The van der Waals surface area contributed by atoms with E-state index in [1.807, 2.05) is 7.05 Å². The second kappa shape index (κ2) is 6.66. The van der Waals surface area contributed by atoms with Gasteiger partial charge in [0, 0.05) is 19.8 Å². The summed E-state index contributed by atoms with van der Waals surface area (Å²) in [5.41, 5.74) is 2.67. The molecule has 2 unspecified atom stereocenters. The van der Waals surface area contributed by atoms with E-state index in [-0.39, 0.29) is 0 Å². The first kappa shape index (κ1) is 13.2. The summed E-state index contributed by atoms with van der Waals surface area (Å²) in [5.74, 6) is 0.573. The first-order chi connectivity index (χ1) is 7.67. The van der Waals surface area contributed by atoms with Crippen molar-refractivity contribution in [3.05, 3.63) is 35.4 Å². The van der Waals surface area contributed by atoms with E-state index in [1.165, 1.54) is 11.1 Å². The number of methoxy groups -OCH3 is 1. The van der Waals surface area contributed by atoms with Gasteiger partial charge in [0.05, 0.1) is 0 Å². The van der Waals surface area contributed by atoms with Crippen molar-refractivity contribution in [1.29, 1.82) is 0 Å². The van der Waals surface area contributed by atoms with Gasteiger partial charge >= 0.3 is 0 Å². The Balaban J connectivity index is 2.63. The van der Waals surface area contributed by atoms with E-state index in [1.54, 1.807) is 7.11 Å². The highest BCUT2D eigenvalue weighted by Gasteiger charge is 2.13. The number of ether oxygens (including phenoxy) is 1. The molecule has 2 atom stereocenters. The lowest BCUT2D eigenvalue weighted by Crippen LogP contribution is -2.20. The van der Waals surface area contributed by atoms with Crippen LogP contribution in [-0.2, 0) is 4.74 Å². The molecule has 0 fully saturated rings. The summed E-state index contributed by atoms with van der Waals surface area (Å²) in [4.78, 5) is 0. The van der Waals surface area contributed by atoms with E-state index in [9.17, 15) is 0 Å². The second-order valence-electron chi connectivity index (χ2n) is 4.55. The van der Waals surface area contributed by atoms with Crippen LogP contribution in [0.1, 0.15) is 30.5 Å². The van der Waals surface area contributed by atoms with E-state index < -0.39 is 0 Å². The number of rotatable bonds is 6. The molecule has 2 nitrogen and oxygen atoms in total. The second-order valence-corrected chi connectivity index (χ2v) is 4.55. The van der Waals surface area contributed by atoms with Crippen LogP contribution in [0.4, 0.5) is 0 Å². The highest BCUT2D eigenvalue weighted by atomic mass is 16.5. The van der Waals surface area contributed by atoms with Gasteiger partial charge in [-0.25, -0.2) is 0 Å². The molecule has 1 aromatic rings. The zero-order chi connectivity index (χ0) is 12.0. The lowest BCUT2D eigenvalue weighted by atomic mass is 9.96. The number of benzene rings is 1. The van der Waals surface area contributed by atoms with Gasteiger partial charge in [-0.3, -0.25) is 0 Å². The maximum absolute atomic E-state index is 5.18. The van der Waals surface area contributed by atoms with Gasteiger partial charge in [-0.1, -0.05) is 36.8 Å². The number of hydrogen-bond acceptors (Lipinski definition) is 2. The third kappa shape index (κ3) is 3.95. The SMILES string of the molecule is CNC(CC(C)COC)c1ccc(C)cc1. The van der Waals surface area contributed by atoms with E-state index >= 15 is 0 Å². The Morgan fingerprint density at radius 1 is 1.25 bits per heavy atom. The molecule has 0 aromatic heterocycles. The van der Waals surface area contributed by atoms with Crippen molar-refractivity contribution in [3.63, 3.8) is 0 Å². The maximum Gasteiger partial charge on any atom is 0.0488 e. The molecule has 0 heterocycles. The quantitative estimate of drug-likeness (QED) is 0.797. The van der Waals surface area contributed by atoms with Crippen molar-refractivity contribution < 1.29 is 4.74 Å². The van der Waals surface area contributed by atoms with Crippen LogP contribution < -0.4 is 5.32 Å². The molecule has 0 saturated heterocycles. The van der Waals surface area contributed by atoms with Gasteiger partial charge in [-0.2, -0.15) is 0 Å². The van der Waals surface area contributed by atoms with E-state index in [4.69, 9.17) is 4.74 Å². The van der Waals surface area contributed by atoms with Gasteiger partial charge in [0.25, 0.3) is 0 Å². The summed E-state index contributed by atoms with van der Waals surface area (Å²) in [5, 5.41) is 3.37. The summed E-state index contributed by atoms with van der Waals surface area (Å²) in [7, 11) is 3.78. The van der Waals surface area contributed by atoms with Crippen molar-refractivity contribution in [2.24, 2.45) is 5.92 Å². The Labute approximate surface area is 99.0 Å². The standard InChI is InChI=1S/C14H23NO/c1-11-5-7-13(8-6-11)14(15-3)9-12(2)10-16-4/h5-8,12,14-15H,9-10H2,1-4H3. The van der Waals surface area contributed by atoms with Gasteiger partial charge < -0.3 is 10.1 Å². The lowest BCUT2D eigenvalue weighted by molar-refractivity contribution is 0.150. The van der Waals surface area contributed by atoms with Crippen LogP contribution in [0.2, 0.25) is 0 Å². The van der Waals surface area contributed by atoms with Gasteiger partial charge in [-0.05, 0) is 31.9 Å². The molecular weight excluding hydrogens is 198 g/mol. The summed E-state index contributed by atoms with van der Waals surface area (Å²) >= 11 is 0. The molecular formula is C14H23NO. The highest BCUT2D eigenvalue weighted by Crippen LogP contribution is 2.21. The van der Waals surface area contributed by atoms with Gasteiger partial charge in [0.15, 0.2) is 0 Å². The molecule has 0 aliphatic heterocycles. The van der Waals surface area contributed by atoms with Crippen LogP contribution in [0.15, 0.2) is 24.3 Å². The molecule has 1 aromatic carbocycles. The first-order valence-corrected chi connectivity index (χ1v) is 5.90. The predicted molar refractivity (Wildman–Crippen MR) is 68.6 cm³/mol. The third-order valence-corrected chi connectivity index (χ3v) is 2.92. The molecule has 0 saturated carbocycles. The molecule has 2 heteroatoms. The molecule has 0 bridgehead atoms. The number of aryl methyl sites for hydroxylation is 1. The maximum atomic E-state index is 5.18. The summed E-state index contributed by atoms with van der Waals surface area (Å²) in [6, 6.07) is 9.17. The van der Waals surface area contributed by atoms with Crippen LogP contribution in [0.25, 0.3) is 0 Å².